The average Bonchev–Trinajstić information content (AvgIpc) is 2.81. The summed E-state index contributed by atoms with van der Waals surface area (Å²) in [5.41, 5.74) is 10.9. The van der Waals surface area contributed by atoms with Gasteiger partial charge >= 0.3 is 0 Å². The summed E-state index contributed by atoms with van der Waals surface area (Å²) in [6, 6.07) is 7.09. The number of aromatic nitrogens is 1. The number of hydrogen-bond donors (Lipinski definition) is 1. The zero-order valence-corrected chi connectivity index (χ0v) is 14.4. The summed E-state index contributed by atoms with van der Waals surface area (Å²) in [6.45, 7) is 6.45. The van der Waals surface area contributed by atoms with Crippen molar-refractivity contribution in [1.29, 1.82) is 0 Å². The molecule has 0 spiro atoms. The van der Waals surface area contributed by atoms with Crippen LogP contribution in [0.5, 0.6) is 0 Å². The molecule has 1 aliphatic heterocycles. The normalized spacial score (nSPS) is 16.5. The molecule has 0 fully saturated rings. The SMILES string of the molecule is CCC(CCC(N)=O)n1c2c(c3cc(C)ccc31)CN(C)CC2. The van der Waals surface area contributed by atoms with Crippen LogP contribution in [0.15, 0.2) is 18.2 Å². The lowest BCUT2D eigenvalue weighted by atomic mass is 10.0. The quantitative estimate of drug-likeness (QED) is 0.922. The Morgan fingerprint density at radius 2 is 2.17 bits per heavy atom. The monoisotopic (exact) mass is 313 g/mol. The Morgan fingerprint density at radius 3 is 2.87 bits per heavy atom. The minimum Gasteiger partial charge on any atom is -0.370 e. The van der Waals surface area contributed by atoms with Gasteiger partial charge in [-0.3, -0.25) is 4.79 Å². The summed E-state index contributed by atoms with van der Waals surface area (Å²) >= 11 is 0. The number of likely N-dealkylation sites (N-methyl/N-ethyl adjacent to an activating group) is 1. The number of fused-ring (bicyclic) bond motifs is 3. The molecule has 0 saturated carbocycles. The van der Waals surface area contributed by atoms with Crippen molar-refractivity contribution in [3.05, 3.63) is 35.0 Å². The molecular formula is C19H27N3O. The molecule has 3 rings (SSSR count). The number of benzene rings is 1. The molecule has 1 unspecified atom stereocenters. The highest BCUT2D eigenvalue weighted by atomic mass is 16.1. The van der Waals surface area contributed by atoms with Crippen LogP contribution in [-0.4, -0.2) is 29.0 Å². The summed E-state index contributed by atoms with van der Waals surface area (Å²) in [4.78, 5) is 13.6. The summed E-state index contributed by atoms with van der Waals surface area (Å²) in [5, 5.41) is 1.38. The van der Waals surface area contributed by atoms with Gasteiger partial charge in [0.2, 0.25) is 5.91 Å². The van der Waals surface area contributed by atoms with E-state index in [1.54, 1.807) is 0 Å². The minimum atomic E-state index is -0.204. The first-order valence-corrected chi connectivity index (χ1v) is 8.60. The van der Waals surface area contributed by atoms with E-state index >= 15 is 0 Å². The third kappa shape index (κ3) is 3.00. The molecule has 2 heterocycles. The van der Waals surface area contributed by atoms with Gasteiger partial charge in [-0.15, -0.1) is 0 Å². The van der Waals surface area contributed by atoms with E-state index < -0.39 is 0 Å². The lowest BCUT2D eigenvalue weighted by Crippen LogP contribution is -2.28. The van der Waals surface area contributed by atoms with Crippen LogP contribution < -0.4 is 5.73 Å². The second-order valence-electron chi connectivity index (χ2n) is 6.87. The fourth-order valence-electron chi connectivity index (χ4n) is 3.88. The molecule has 1 aliphatic rings. The fraction of sp³-hybridized carbons (Fsp3) is 0.526. The van der Waals surface area contributed by atoms with Gasteiger partial charge in [0.25, 0.3) is 0 Å². The van der Waals surface area contributed by atoms with E-state index in [9.17, 15) is 4.79 Å². The lowest BCUT2D eigenvalue weighted by Gasteiger charge is -2.27. The van der Waals surface area contributed by atoms with Crippen LogP contribution in [0.1, 0.15) is 49.0 Å². The van der Waals surface area contributed by atoms with Crippen molar-refractivity contribution in [3.63, 3.8) is 0 Å². The van der Waals surface area contributed by atoms with Gasteiger partial charge in [0, 0.05) is 48.6 Å². The van der Waals surface area contributed by atoms with E-state index in [0.29, 0.717) is 12.5 Å². The average molecular weight is 313 g/mol. The third-order valence-electron chi connectivity index (χ3n) is 5.09. The molecule has 0 saturated heterocycles. The highest BCUT2D eigenvalue weighted by Gasteiger charge is 2.25. The Bertz CT molecular complexity index is 732. The predicted molar refractivity (Wildman–Crippen MR) is 94.5 cm³/mol. The molecule has 4 heteroatoms. The first-order chi connectivity index (χ1) is 11.0. The largest absolute Gasteiger partial charge is 0.370 e. The highest BCUT2D eigenvalue weighted by molar-refractivity contribution is 5.86. The third-order valence-corrected chi connectivity index (χ3v) is 5.09. The number of carbonyl (C=O) groups is 1. The second kappa shape index (κ2) is 6.36. The molecule has 4 nitrogen and oxygen atoms in total. The number of nitrogens with zero attached hydrogens (tertiary/aromatic N) is 2. The molecule has 2 aromatic rings. The van der Waals surface area contributed by atoms with Crippen molar-refractivity contribution in [2.24, 2.45) is 5.73 Å². The Balaban J connectivity index is 2.13. The van der Waals surface area contributed by atoms with Crippen molar-refractivity contribution < 1.29 is 4.79 Å². The van der Waals surface area contributed by atoms with E-state index in [0.717, 1.165) is 32.4 Å². The van der Waals surface area contributed by atoms with Gasteiger partial charge in [0.05, 0.1) is 0 Å². The first-order valence-electron chi connectivity index (χ1n) is 8.60. The van der Waals surface area contributed by atoms with Crippen molar-refractivity contribution >= 4 is 16.8 Å². The zero-order chi connectivity index (χ0) is 16.6. The van der Waals surface area contributed by atoms with Gasteiger partial charge < -0.3 is 15.2 Å². The van der Waals surface area contributed by atoms with E-state index in [2.05, 4.69) is 48.6 Å². The molecule has 0 radical (unpaired) electrons. The molecule has 0 aliphatic carbocycles. The molecule has 1 aromatic carbocycles. The van der Waals surface area contributed by atoms with Gasteiger partial charge in [-0.1, -0.05) is 18.6 Å². The number of carbonyl (C=O) groups excluding carboxylic acids is 1. The molecule has 1 amide bonds. The van der Waals surface area contributed by atoms with Crippen molar-refractivity contribution in [3.8, 4) is 0 Å². The number of rotatable bonds is 5. The van der Waals surface area contributed by atoms with E-state index in [-0.39, 0.29) is 5.91 Å². The van der Waals surface area contributed by atoms with Crippen molar-refractivity contribution in [2.45, 2.75) is 52.1 Å². The number of amides is 1. The van der Waals surface area contributed by atoms with Gasteiger partial charge in [-0.2, -0.15) is 0 Å². The lowest BCUT2D eigenvalue weighted by molar-refractivity contribution is -0.118. The first kappa shape index (κ1) is 16.1. The molecule has 2 N–H and O–H groups in total. The van der Waals surface area contributed by atoms with Gasteiger partial charge in [0.1, 0.15) is 0 Å². The standard InChI is InChI=1S/C19H27N3O/c1-4-14(6-8-19(20)23)22-17-7-5-13(2)11-15(17)16-12-21(3)10-9-18(16)22/h5,7,11,14H,4,6,8-10,12H2,1-3H3,(H2,20,23). The van der Waals surface area contributed by atoms with Gasteiger partial charge in [-0.05, 0) is 44.5 Å². The number of aryl methyl sites for hydroxylation is 1. The number of nitrogens with two attached hydrogens (primary N) is 1. The number of hydrogen-bond acceptors (Lipinski definition) is 2. The van der Waals surface area contributed by atoms with Crippen molar-refractivity contribution in [1.82, 2.24) is 9.47 Å². The summed E-state index contributed by atoms with van der Waals surface area (Å²) in [7, 11) is 2.19. The van der Waals surface area contributed by atoms with Crippen LogP contribution in [0.3, 0.4) is 0 Å². The highest BCUT2D eigenvalue weighted by Crippen LogP contribution is 2.35. The Morgan fingerprint density at radius 1 is 1.39 bits per heavy atom. The summed E-state index contributed by atoms with van der Waals surface area (Å²) in [5.74, 6) is -0.204. The predicted octanol–water partition coefficient (Wildman–Crippen LogP) is 3.15. The summed E-state index contributed by atoms with van der Waals surface area (Å²) in [6.07, 6.45) is 3.38. The number of primary amides is 1. The van der Waals surface area contributed by atoms with Gasteiger partial charge in [-0.25, -0.2) is 0 Å². The maximum Gasteiger partial charge on any atom is 0.217 e. The Kier molecular flexibility index (Phi) is 4.44. The molecule has 1 atom stereocenters. The second-order valence-corrected chi connectivity index (χ2v) is 6.87. The molecule has 1 aromatic heterocycles. The minimum absolute atomic E-state index is 0.204. The van der Waals surface area contributed by atoms with Crippen LogP contribution in [-0.2, 0) is 17.8 Å². The smallest absolute Gasteiger partial charge is 0.217 e. The molecule has 0 bridgehead atoms. The van der Waals surface area contributed by atoms with Crippen LogP contribution >= 0.6 is 0 Å². The molecule has 124 valence electrons. The molecule has 23 heavy (non-hydrogen) atoms. The topological polar surface area (TPSA) is 51.3 Å². The zero-order valence-electron chi connectivity index (χ0n) is 14.4. The van der Waals surface area contributed by atoms with E-state index in [1.165, 1.54) is 27.7 Å². The summed E-state index contributed by atoms with van der Waals surface area (Å²) < 4.78 is 2.50. The van der Waals surface area contributed by atoms with Gasteiger partial charge in [0.15, 0.2) is 0 Å². The maximum absolute atomic E-state index is 11.2. The molecular weight excluding hydrogens is 286 g/mol. The Labute approximate surface area is 138 Å². The van der Waals surface area contributed by atoms with Crippen LogP contribution in [0.2, 0.25) is 0 Å². The van der Waals surface area contributed by atoms with Crippen molar-refractivity contribution in [2.75, 3.05) is 13.6 Å². The van der Waals surface area contributed by atoms with Crippen LogP contribution in [0.4, 0.5) is 0 Å². The fourth-order valence-corrected chi connectivity index (χ4v) is 3.88. The van der Waals surface area contributed by atoms with Crippen LogP contribution in [0, 0.1) is 6.92 Å². The Hall–Kier alpha value is -1.81. The maximum atomic E-state index is 11.2. The van der Waals surface area contributed by atoms with Crippen LogP contribution in [0.25, 0.3) is 10.9 Å². The van der Waals surface area contributed by atoms with E-state index in [1.807, 2.05) is 0 Å². The van der Waals surface area contributed by atoms with E-state index in [4.69, 9.17) is 5.73 Å².